The fourth-order valence-corrected chi connectivity index (χ4v) is 3.74. The topological polar surface area (TPSA) is 89.7 Å². The number of carbonyl (C=O) groups excluding carboxylic acids is 1. The molecule has 0 spiro atoms. The molecular formula is C23H25FN4O4. The Morgan fingerprint density at radius 2 is 1.84 bits per heavy atom. The van der Waals surface area contributed by atoms with E-state index in [0.717, 1.165) is 25.9 Å². The highest BCUT2D eigenvalue weighted by Gasteiger charge is 2.26. The SMILES string of the molecule is COc1ccc(NC(=O)C2CCN(Cc3nc(-c4ccc(F)cc4)no3)CC2)cc1OC. The number of methoxy groups -OCH3 is 2. The number of nitrogens with zero attached hydrogens (tertiary/aromatic N) is 3. The molecule has 4 rings (SSSR count). The van der Waals surface area contributed by atoms with E-state index in [1.54, 1.807) is 44.6 Å². The number of carbonyl (C=O) groups is 1. The molecule has 8 nitrogen and oxygen atoms in total. The number of amides is 1. The number of ether oxygens (including phenoxy) is 2. The van der Waals surface area contributed by atoms with Gasteiger partial charge in [0, 0.05) is 23.2 Å². The Bertz CT molecular complexity index is 1060. The Morgan fingerprint density at radius 1 is 1.12 bits per heavy atom. The number of halogens is 1. The van der Waals surface area contributed by atoms with Crippen LogP contribution < -0.4 is 14.8 Å². The van der Waals surface area contributed by atoms with Crippen molar-refractivity contribution in [3.05, 3.63) is 54.2 Å². The molecule has 1 aromatic heterocycles. The number of benzene rings is 2. The van der Waals surface area contributed by atoms with Gasteiger partial charge in [-0.05, 0) is 62.3 Å². The van der Waals surface area contributed by atoms with E-state index < -0.39 is 0 Å². The molecule has 0 saturated carbocycles. The summed E-state index contributed by atoms with van der Waals surface area (Å²) in [6, 6.07) is 11.3. The summed E-state index contributed by atoms with van der Waals surface area (Å²) in [5.74, 6) is 1.73. The van der Waals surface area contributed by atoms with E-state index in [4.69, 9.17) is 14.0 Å². The standard InChI is InChI=1S/C23H25FN4O4/c1-30-19-8-7-18(13-20(19)31-2)25-23(29)16-9-11-28(12-10-16)14-21-26-22(27-32-21)15-3-5-17(24)6-4-15/h3-8,13,16H,9-12,14H2,1-2H3,(H,25,29). The molecular weight excluding hydrogens is 415 g/mol. The number of anilines is 1. The van der Waals surface area contributed by atoms with Crippen LogP contribution in [0.3, 0.4) is 0 Å². The molecule has 32 heavy (non-hydrogen) atoms. The zero-order valence-electron chi connectivity index (χ0n) is 18.0. The smallest absolute Gasteiger partial charge is 0.241 e. The lowest BCUT2D eigenvalue weighted by Crippen LogP contribution is -2.37. The lowest BCUT2D eigenvalue weighted by atomic mass is 9.96. The molecule has 0 bridgehead atoms. The van der Waals surface area contributed by atoms with Crippen molar-refractivity contribution in [2.75, 3.05) is 32.6 Å². The molecule has 1 amide bonds. The Balaban J connectivity index is 1.29. The molecule has 1 fully saturated rings. The molecule has 1 aliphatic rings. The minimum atomic E-state index is -0.310. The summed E-state index contributed by atoms with van der Waals surface area (Å²) in [4.78, 5) is 19.3. The monoisotopic (exact) mass is 440 g/mol. The van der Waals surface area contributed by atoms with Crippen LogP contribution in [0.4, 0.5) is 10.1 Å². The summed E-state index contributed by atoms with van der Waals surface area (Å²) in [5, 5.41) is 6.95. The van der Waals surface area contributed by atoms with Crippen LogP contribution in [-0.4, -0.2) is 48.3 Å². The number of hydrogen-bond acceptors (Lipinski definition) is 7. The van der Waals surface area contributed by atoms with Crippen molar-refractivity contribution in [2.45, 2.75) is 19.4 Å². The van der Waals surface area contributed by atoms with Crippen LogP contribution in [0.15, 0.2) is 47.0 Å². The van der Waals surface area contributed by atoms with E-state index in [0.29, 0.717) is 41.0 Å². The van der Waals surface area contributed by atoms with Crippen LogP contribution in [0, 0.1) is 11.7 Å². The van der Waals surface area contributed by atoms with Crippen LogP contribution in [0.25, 0.3) is 11.4 Å². The first-order valence-corrected chi connectivity index (χ1v) is 10.4. The number of hydrogen-bond donors (Lipinski definition) is 1. The lowest BCUT2D eigenvalue weighted by molar-refractivity contribution is -0.121. The zero-order chi connectivity index (χ0) is 22.5. The van der Waals surface area contributed by atoms with Crippen molar-refractivity contribution in [3.63, 3.8) is 0 Å². The van der Waals surface area contributed by atoms with Gasteiger partial charge in [-0.1, -0.05) is 5.16 Å². The van der Waals surface area contributed by atoms with Crippen molar-refractivity contribution in [1.82, 2.24) is 15.0 Å². The van der Waals surface area contributed by atoms with Crippen molar-refractivity contribution in [2.24, 2.45) is 5.92 Å². The van der Waals surface area contributed by atoms with Crippen molar-refractivity contribution in [1.29, 1.82) is 0 Å². The number of aromatic nitrogens is 2. The van der Waals surface area contributed by atoms with E-state index in [1.165, 1.54) is 12.1 Å². The molecule has 3 aromatic rings. The summed E-state index contributed by atoms with van der Waals surface area (Å²) in [6.07, 6.45) is 1.47. The lowest BCUT2D eigenvalue weighted by Gasteiger charge is -2.30. The van der Waals surface area contributed by atoms with Gasteiger partial charge in [-0.2, -0.15) is 4.98 Å². The van der Waals surface area contributed by atoms with Gasteiger partial charge in [0.1, 0.15) is 5.82 Å². The fourth-order valence-electron chi connectivity index (χ4n) is 3.74. The third-order valence-electron chi connectivity index (χ3n) is 5.54. The van der Waals surface area contributed by atoms with Crippen LogP contribution >= 0.6 is 0 Å². The molecule has 9 heteroatoms. The summed E-state index contributed by atoms with van der Waals surface area (Å²) >= 11 is 0. The second-order valence-electron chi connectivity index (χ2n) is 7.63. The second-order valence-corrected chi connectivity index (χ2v) is 7.63. The van der Waals surface area contributed by atoms with Gasteiger partial charge >= 0.3 is 0 Å². The molecule has 0 radical (unpaired) electrons. The maximum absolute atomic E-state index is 13.1. The summed E-state index contributed by atoms with van der Waals surface area (Å²) in [7, 11) is 3.13. The molecule has 1 saturated heterocycles. The van der Waals surface area contributed by atoms with E-state index in [-0.39, 0.29) is 17.6 Å². The van der Waals surface area contributed by atoms with Gasteiger partial charge in [0.2, 0.25) is 17.6 Å². The van der Waals surface area contributed by atoms with Crippen LogP contribution in [-0.2, 0) is 11.3 Å². The van der Waals surface area contributed by atoms with E-state index in [2.05, 4.69) is 20.4 Å². The number of nitrogens with one attached hydrogen (secondary N) is 1. The fraction of sp³-hybridized carbons (Fsp3) is 0.348. The van der Waals surface area contributed by atoms with E-state index in [9.17, 15) is 9.18 Å². The quantitative estimate of drug-likeness (QED) is 0.599. The second kappa shape index (κ2) is 9.78. The molecule has 2 aromatic carbocycles. The first-order valence-electron chi connectivity index (χ1n) is 10.4. The third kappa shape index (κ3) is 5.05. The number of rotatable bonds is 7. The highest BCUT2D eigenvalue weighted by atomic mass is 19.1. The summed E-state index contributed by atoms with van der Waals surface area (Å²) in [6.45, 7) is 2.01. The molecule has 0 unspecified atom stereocenters. The molecule has 2 heterocycles. The van der Waals surface area contributed by atoms with Crippen molar-refractivity contribution < 1.29 is 23.2 Å². The van der Waals surface area contributed by atoms with Gasteiger partial charge in [0.25, 0.3) is 0 Å². The average Bonchev–Trinajstić information content (AvgIpc) is 3.28. The van der Waals surface area contributed by atoms with E-state index in [1.807, 2.05) is 0 Å². The zero-order valence-corrected chi connectivity index (χ0v) is 18.0. The minimum Gasteiger partial charge on any atom is -0.493 e. The highest BCUT2D eigenvalue weighted by molar-refractivity contribution is 5.93. The average molecular weight is 440 g/mol. The Labute approximate surface area is 185 Å². The van der Waals surface area contributed by atoms with Crippen molar-refractivity contribution >= 4 is 11.6 Å². The Kier molecular flexibility index (Phi) is 6.65. The molecule has 1 N–H and O–H groups in total. The van der Waals surface area contributed by atoms with Crippen LogP contribution in [0.5, 0.6) is 11.5 Å². The van der Waals surface area contributed by atoms with Gasteiger partial charge in [-0.15, -0.1) is 0 Å². The van der Waals surface area contributed by atoms with Gasteiger partial charge in [0.05, 0.1) is 20.8 Å². The predicted octanol–water partition coefficient (Wildman–Crippen LogP) is 3.74. The number of likely N-dealkylation sites (tertiary alicyclic amines) is 1. The highest BCUT2D eigenvalue weighted by Crippen LogP contribution is 2.30. The maximum atomic E-state index is 13.1. The van der Waals surface area contributed by atoms with Crippen LogP contribution in [0.1, 0.15) is 18.7 Å². The van der Waals surface area contributed by atoms with E-state index >= 15 is 0 Å². The predicted molar refractivity (Wildman–Crippen MR) is 116 cm³/mol. The Hall–Kier alpha value is -3.46. The van der Waals surface area contributed by atoms with Crippen LogP contribution in [0.2, 0.25) is 0 Å². The minimum absolute atomic E-state index is 0.00624. The Morgan fingerprint density at radius 3 is 2.53 bits per heavy atom. The number of piperidine rings is 1. The third-order valence-corrected chi connectivity index (χ3v) is 5.54. The first-order chi connectivity index (χ1) is 15.6. The first kappa shape index (κ1) is 21.8. The largest absolute Gasteiger partial charge is 0.493 e. The van der Waals surface area contributed by atoms with Gasteiger partial charge < -0.3 is 19.3 Å². The normalized spacial score (nSPS) is 14.8. The molecule has 168 valence electrons. The maximum Gasteiger partial charge on any atom is 0.241 e. The van der Waals surface area contributed by atoms with Gasteiger partial charge in [-0.25, -0.2) is 4.39 Å². The molecule has 0 aliphatic carbocycles. The summed E-state index contributed by atoms with van der Waals surface area (Å²) in [5.41, 5.74) is 1.38. The van der Waals surface area contributed by atoms with Gasteiger partial charge in [-0.3, -0.25) is 9.69 Å². The molecule has 0 atom stereocenters. The molecule has 1 aliphatic heterocycles. The van der Waals surface area contributed by atoms with Gasteiger partial charge in [0.15, 0.2) is 11.5 Å². The summed E-state index contributed by atoms with van der Waals surface area (Å²) < 4.78 is 28.9. The van der Waals surface area contributed by atoms with Crippen molar-refractivity contribution in [3.8, 4) is 22.9 Å².